The van der Waals surface area contributed by atoms with E-state index in [4.69, 9.17) is 9.47 Å². The molecule has 6 nitrogen and oxygen atoms in total. The minimum Gasteiger partial charge on any atom is -0.465 e. The molecule has 0 radical (unpaired) electrons. The van der Waals surface area contributed by atoms with Crippen molar-refractivity contribution in [3.8, 4) is 0 Å². The zero-order valence-electron chi connectivity index (χ0n) is 14.6. The van der Waals surface area contributed by atoms with Crippen molar-refractivity contribution in [1.82, 2.24) is 0 Å². The van der Waals surface area contributed by atoms with Crippen LogP contribution in [0.4, 0.5) is 8.78 Å². The van der Waals surface area contributed by atoms with Crippen molar-refractivity contribution in [3.63, 3.8) is 0 Å². The Hall–Kier alpha value is -2.03. The first-order valence-electron chi connectivity index (χ1n) is 8.18. The van der Waals surface area contributed by atoms with Crippen LogP contribution in [0.5, 0.6) is 0 Å². The maximum Gasteiger partial charge on any atom is 0.350 e. The highest BCUT2D eigenvalue weighted by Gasteiger charge is 2.45. The van der Waals surface area contributed by atoms with Crippen LogP contribution in [0, 0.1) is 5.92 Å². The first-order valence-corrected chi connectivity index (χ1v) is 9.66. The van der Waals surface area contributed by atoms with E-state index < -0.39 is 44.3 Å². The normalized spacial score (nSPS) is 12.0. The van der Waals surface area contributed by atoms with E-state index >= 15 is 0 Å². The molecule has 0 fully saturated rings. The van der Waals surface area contributed by atoms with E-state index in [0.717, 1.165) is 12.1 Å². The number of halogens is 2. The van der Waals surface area contributed by atoms with Gasteiger partial charge in [0.05, 0.1) is 18.1 Å². The van der Waals surface area contributed by atoms with E-state index in [-0.39, 0.29) is 26.1 Å². The quantitative estimate of drug-likeness (QED) is 0.449. The van der Waals surface area contributed by atoms with Crippen LogP contribution < -0.4 is 0 Å². The molecule has 0 atom stereocenters. The van der Waals surface area contributed by atoms with Crippen LogP contribution in [0.3, 0.4) is 0 Å². The van der Waals surface area contributed by atoms with Crippen molar-refractivity contribution in [1.29, 1.82) is 0 Å². The summed E-state index contributed by atoms with van der Waals surface area (Å²) in [5, 5.41) is -4.03. The summed E-state index contributed by atoms with van der Waals surface area (Å²) in [4.78, 5) is 23.1. The summed E-state index contributed by atoms with van der Waals surface area (Å²) in [5.74, 6) is -3.11. The molecule has 1 aromatic rings. The zero-order valence-corrected chi connectivity index (χ0v) is 15.4. The Balaban J connectivity index is 2.81. The second-order valence-electron chi connectivity index (χ2n) is 5.40. The van der Waals surface area contributed by atoms with E-state index in [1.54, 1.807) is 13.8 Å². The van der Waals surface area contributed by atoms with Crippen LogP contribution in [0.2, 0.25) is 0 Å². The van der Waals surface area contributed by atoms with Crippen LogP contribution in [-0.2, 0) is 28.9 Å². The summed E-state index contributed by atoms with van der Waals surface area (Å²) in [6, 6.07) is 6.38. The van der Waals surface area contributed by atoms with Crippen molar-refractivity contribution in [2.24, 2.45) is 5.92 Å². The van der Waals surface area contributed by atoms with Gasteiger partial charge in [-0.25, -0.2) is 8.42 Å². The third kappa shape index (κ3) is 5.48. The molecule has 1 aromatic carbocycles. The highest BCUT2D eigenvalue weighted by Crippen LogP contribution is 2.34. The molecule has 0 aromatic heterocycles. The smallest absolute Gasteiger partial charge is 0.350 e. The number of esters is 2. The topological polar surface area (TPSA) is 86.7 Å². The molecule has 26 heavy (non-hydrogen) atoms. The first kappa shape index (κ1) is 22.0. The van der Waals surface area contributed by atoms with E-state index in [2.05, 4.69) is 0 Å². The molecule has 146 valence electrons. The second kappa shape index (κ2) is 9.61. The Labute approximate surface area is 151 Å². The Kier molecular flexibility index (Phi) is 8.13. The Bertz CT molecular complexity index is 685. The van der Waals surface area contributed by atoms with Crippen molar-refractivity contribution >= 4 is 21.8 Å². The number of rotatable bonds is 10. The molecule has 9 heteroatoms. The van der Waals surface area contributed by atoms with Crippen LogP contribution >= 0.6 is 0 Å². The van der Waals surface area contributed by atoms with Crippen molar-refractivity contribution < 1.29 is 36.3 Å². The summed E-state index contributed by atoms with van der Waals surface area (Å²) < 4.78 is 62.1. The molecule has 0 aliphatic heterocycles. The van der Waals surface area contributed by atoms with Crippen LogP contribution in [-0.4, -0.2) is 38.8 Å². The van der Waals surface area contributed by atoms with Gasteiger partial charge in [-0.3, -0.25) is 9.59 Å². The van der Waals surface area contributed by atoms with E-state index in [0.29, 0.717) is 0 Å². The lowest BCUT2D eigenvalue weighted by molar-refractivity contribution is -0.162. The van der Waals surface area contributed by atoms with Gasteiger partial charge in [0.25, 0.3) is 0 Å². The number of hydrogen-bond donors (Lipinski definition) is 0. The van der Waals surface area contributed by atoms with Gasteiger partial charge in [0.1, 0.15) is 0 Å². The van der Waals surface area contributed by atoms with E-state index in [1.807, 2.05) is 0 Å². The van der Waals surface area contributed by atoms with Gasteiger partial charge in [0.2, 0.25) is 9.84 Å². The molecular weight excluding hydrogens is 370 g/mol. The molecule has 0 saturated carbocycles. The average molecular weight is 392 g/mol. The van der Waals surface area contributed by atoms with Gasteiger partial charge in [0, 0.05) is 6.42 Å². The molecule has 0 spiro atoms. The summed E-state index contributed by atoms with van der Waals surface area (Å²) in [7, 11) is -4.86. The highest BCUT2D eigenvalue weighted by atomic mass is 32.2. The van der Waals surface area contributed by atoms with Gasteiger partial charge in [-0.1, -0.05) is 18.2 Å². The van der Waals surface area contributed by atoms with Crippen LogP contribution in [0.15, 0.2) is 35.2 Å². The van der Waals surface area contributed by atoms with Crippen molar-refractivity contribution in [2.45, 2.75) is 43.3 Å². The number of carbonyl (C=O) groups is 2. The van der Waals surface area contributed by atoms with Crippen molar-refractivity contribution in [2.75, 3.05) is 13.2 Å². The molecule has 1 rings (SSSR count). The fraction of sp³-hybridized carbons (Fsp3) is 0.529. The number of carbonyl (C=O) groups excluding carboxylic acids is 2. The third-order valence-electron chi connectivity index (χ3n) is 3.55. The van der Waals surface area contributed by atoms with Crippen LogP contribution in [0.25, 0.3) is 0 Å². The Morgan fingerprint density at radius 1 is 1.04 bits per heavy atom. The van der Waals surface area contributed by atoms with Crippen molar-refractivity contribution in [3.05, 3.63) is 30.3 Å². The molecule has 0 aliphatic rings. The van der Waals surface area contributed by atoms with E-state index in [1.165, 1.54) is 18.2 Å². The number of ether oxygens (including phenoxy) is 2. The zero-order chi connectivity index (χ0) is 19.8. The Morgan fingerprint density at radius 3 is 2.00 bits per heavy atom. The minimum absolute atomic E-state index is 0.0211. The lowest BCUT2D eigenvalue weighted by atomic mass is 10.0. The summed E-state index contributed by atoms with van der Waals surface area (Å²) in [6.07, 6.45) is -1.70. The molecule has 0 unspecified atom stereocenters. The lowest BCUT2D eigenvalue weighted by Crippen LogP contribution is -2.31. The predicted octanol–water partition coefficient (Wildman–Crippen LogP) is 2.97. The van der Waals surface area contributed by atoms with Gasteiger partial charge < -0.3 is 9.47 Å². The molecular formula is C17H22F2O6S. The summed E-state index contributed by atoms with van der Waals surface area (Å²) in [5.41, 5.74) is 0. The maximum atomic E-state index is 14.2. The van der Waals surface area contributed by atoms with Gasteiger partial charge in [0.15, 0.2) is 5.92 Å². The fourth-order valence-corrected chi connectivity index (χ4v) is 3.51. The molecule has 0 bridgehead atoms. The molecule has 0 aliphatic carbocycles. The minimum atomic E-state index is -4.86. The van der Waals surface area contributed by atoms with Gasteiger partial charge in [-0.2, -0.15) is 8.78 Å². The van der Waals surface area contributed by atoms with Gasteiger partial charge in [-0.05, 0) is 38.8 Å². The largest absolute Gasteiger partial charge is 0.465 e. The highest BCUT2D eigenvalue weighted by molar-refractivity contribution is 7.92. The third-order valence-corrected chi connectivity index (χ3v) is 5.43. The van der Waals surface area contributed by atoms with Gasteiger partial charge in [-0.15, -0.1) is 0 Å². The lowest BCUT2D eigenvalue weighted by Gasteiger charge is -2.18. The number of hydrogen-bond acceptors (Lipinski definition) is 6. The van der Waals surface area contributed by atoms with Gasteiger partial charge >= 0.3 is 17.2 Å². The standard InChI is InChI=1S/C17H22F2O6S/c1-3-24-15(20)14(16(21)25-4-2)11-8-12-17(18,19)26(22,23)13-9-6-5-7-10-13/h5-7,9-10,14H,3-4,8,11-12H2,1-2H3. The molecule has 0 N–H and O–H groups in total. The predicted molar refractivity (Wildman–Crippen MR) is 89.2 cm³/mol. The molecule has 0 saturated heterocycles. The number of benzene rings is 1. The molecule has 0 heterocycles. The van der Waals surface area contributed by atoms with E-state index in [9.17, 15) is 26.8 Å². The monoisotopic (exact) mass is 392 g/mol. The average Bonchev–Trinajstić information content (AvgIpc) is 2.59. The SMILES string of the molecule is CCOC(=O)C(CCCC(F)(F)S(=O)(=O)c1ccccc1)C(=O)OCC. The number of alkyl halides is 2. The maximum absolute atomic E-state index is 14.2. The first-order chi connectivity index (χ1) is 12.2. The molecule has 0 amide bonds. The second-order valence-corrected chi connectivity index (χ2v) is 7.48. The number of sulfone groups is 1. The van der Waals surface area contributed by atoms with Crippen LogP contribution in [0.1, 0.15) is 33.1 Å². The summed E-state index contributed by atoms with van der Waals surface area (Å²) >= 11 is 0. The summed E-state index contributed by atoms with van der Waals surface area (Å²) in [6.45, 7) is 3.13. The fourth-order valence-electron chi connectivity index (χ4n) is 2.24. The Morgan fingerprint density at radius 2 is 1.54 bits per heavy atom.